The lowest BCUT2D eigenvalue weighted by molar-refractivity contribution is -0.119. The first-order valence-corrected chi connectivity index (χ1v) is 8.15. The third-order valence-electron chi connectivity index (χ3n) is 3.98. The molecule has 2 N–H and O–H groups in total. The molecule has 0 saturated heterocycles. The second-order valence-corrected chi connectivity index (χ2v) is 5.69. The number of allylic oxidation sites excluding steroid dienone is 1. The minimum absolute atomic E-state index is 0.00807. The summed E-state index contributed by atoms with van der Waals surface area (Å²) in [7, 11) is 0. The van der Waals surface area contributed by atoms with Gasteiger partial charge >= 0.3 is 0 Å². The van der Waals surface area contributed by atoms with Crippen LogP contribution in [0.25, 0.3) is 0 Å². The van der Waals surface area contributed by atoms with Crippen molar-refractivity contribution in [3.63, 3.8) is 0 Å². The third-order valence-corrected chi connectivity index (χ3v) is 3.98. The lowest BCUT2D eigenvalue weighted by atomic mass is 9.97. The van der Waals surface area contributed by atoms with Crippen LogP contribution < -0.4 is 10.2 Å². The van der Waals surface area contributed by atoms with Gasteiger partial charge in [0, 0.05) is 18.8 Å². The molecule has 0 spiro atoms. The zero-order valence-corrected chi connectivity index (χ0v) is 13.1. The molecule has 0 fully saturated rings. The van der Waals surface area contributed by atoms with Gasteiger partial charge in [0.2, 0.25) is 5.91 Å². The second kappa shape index (κ2) is 9.26. The van der Waals surface area contributed by atoms with Gasteiger partial charge in [0.05, 0.1) is 13.2 Å². The maximum Gasteiger partial charge on any atom is 0.239 e. The SMILES string of the molecule is O=C(CN(CCO)c1ccccc1)NCCC1=CCCCC1. The molecule has 1 aromatic carbocycles. The smallest absolute Gasteiger partial charge is 0.239 e. The molecule has 1 amide bonds. The lowest BCUT2D eigenvalue weighted by Crippen LogP contribution is -2.39. The van der Waals surface area contributed by atoms with Crippen molar-refractivity contribution >= 4 is 11.6 Å². The van der Waals surface area contributed by atoms with Gasteiger partial charge in [-0.05, 0) is 44.2 Å². The van der Waals surface area contributed by atoms with E-state index in [1.54, 1.807) is 0 Å². The van der Waals surface area contributed by atoms with Crippen LogP contribution in [0.15, 0.2) is 42.0 Å². The van der Waals surface area contributed by atoms with Crippen molar-refractivity contribution in [2.45, 2.75) is 32.1 Å². The molecule has 0 heterocycles. The van der Waals surface area contributed by atoms with Crippen LogP contribution in [0.3, 0.4) is 0 Å². The molecule has 4 nitrogen and oxygen atoms in total. The Kier molecular flexibility index (Phi) is 6.97. The van der Waals surface area contributed by atoms with E-state index in [0.29, 0.717) is 13.1 Å². The fourth-order valence-electron chi connectivity index (χ4n) is 2.78. The van der Waals surface area contributed by atoms with E-state index in [0.717, 1.165) is 12.1 Å². The van der Waals surface area contributed by atoms with Crippen molar-refractivity contribution in [1.29, 1.82) is 0 Å². The van der Waals surface area contributed by atoms with Crippen LogP contribution in [-0.4, -0.2) is 37.3 Å². The quantitative estimate of drug-likeness (QED) is 0.725. The third kappa shape index (κ3) is 5.53. The molecule has 22 heavy (non-hydrogen) atoms. The van der Waals surface area contributed by atoms with E-state index in [1.807, 2.05) is 35.2 Å². The molecule has 1 aliphatic rings. The van der Waals surface area contributed by atoms with Crippen LogP contribution in [0, 0.1) is 0 Å². The van der Waals surface area contributed by atoms with Crippen LogP contribution >= 0.6 is 0 Å². The molecular formula is C18H26N2O2. The Labute approximate surface area is 132 Å². The maximum atomic E-state index is 12.1. The van der Waals surface area contributed by atoms with Crippen molar-refractivity contribution in [1.82, 2.24) is 5.32 Å². The minimum atomic E-state index is 0.00807. The highest BCUT2D eigenvalue weighted by atomic mass is 16.3. The first-order chi connectivity index (χ1) is 10.8. The van der Waals surface area contributed by atoms with E-state index >= 15 is 0 Å². The molecule has 4 heteroatoms. The summed E-state index contributed by atoms with van der Waals surface area (Å²) in [5.74, 6) is 0.00807. The molecule has 0 radical (unpaired) electrons. The molecule has 0 atom stereocenters. The predicted molar refractivity (Wildman–Crippen MR) is 89.9 cm³/mol. The van der Waals surface area contributed by atoms with Crippen molar-refractivity contribution in [2.24, 2.45) is 0 Å². The van der Waals surface area contributed by atoms with Crippen LogP contribution in [0.4, 0.5) is 5.69 Å². The molecule has 0 unspecified atom stereocenters. The summed E-state index contributed by atoms with van der Waals surface area (Å²) in [6.45, 7) is 1.48. The number of anilines is 1. The highest BCUT2D eigenvalue weighted by Crippen LogP contribution is 2.19. The molecule has 0 bridgehead atoms. The van der Waals surface area contributed by atoms with Gasteiger partial charge in [-0.3, -0.25) is 4.79 Å². The summed E-state index contributed by atoms with van der Waals surface area (Å²) >= 11 is 0. The van der Waals surface area contributed by atoms with Gasteiger partial charge < -0.3 is 15.3 Å². The number of amides is 1. The number of nitrogens with one attached hydrogen (secondary N) is 1. The van der Waals surface area contributed by atoms with Crippen LogP contribution in [-0.2, 0) is 4.79 Å². The number of hydrogen-bond acceptors (Lipinski definition) is 3. The molecule has 0 aromatic heterocycles. The average Bonchev–Trinajstić information content (AvgIpc) is 2.56. The number of para-hydroxylation sites is 1. The first kappa shape index (κ1) is 16.6. The second-order valence-electron chi connectivity index (χ2n) is 5.69. The highest BCUT2D eigenvalue weighted by Gasteiger charge is 2.11. The Hall–Kier alpha value is -1.81. The van der Waals surface area contributed by atoms with E-state index in [9.17, 15) is 9.90 Å². The van der Waals surface area contributed by atoms with Gasteiger partial charge in [0.25, 0.3) is 0 Å². The molecule has 0 aliphatic heterocycles. The van der Waals surface area contributed by atoms with Crippen LogP contribution in [0.5, 0.6) is 0 Å². The topological polar surface area (TPSA) is 52.6 Å². The Balaban J connectivity index is 1.77. The Bertz CT molecular complexity index is 485. The maximum absolute atomic E-state index is 12.1. The Morgan fingerprint density at radius 1 is 1.23 bits per heavy atom. The summed E-state index contributed by atoms with van der Waals surface area (Å²) in [6.07, 6.45) is 8.20. The first-order valence-electron chi connectivity index (χ1n) is 8.15. The number of carbonyl (C=O) groups is 1. The number of hydrogen-bond donors (Lipinski definition) is 2. The summed E-state index contributed by atoms with van der Waals surface area (Å²) < 4.78 is 0. The van der Waals surface area contributed by atoms with Crippen molar-refractivity contribution in [3.05, 3.63) is 42.0 Å². The summed E-state index contributed by atoms with van der Waals surface area (Å²) in [5.41, 5.74) is 2.43. The number of rotatable bonds is 8. The van der Waals surface area contributed by atoms with Gasteiger partial charge in [0.15, 0.2) is 0 Å². The standard InChI is InChI=1S/C18H26N2O2/c21-14-13-20(17-9-5-2-6-10-17)15-18(22)19-12-11-16-7-3-1-4-8-16/h2,5-7,9-10,21H,1,3-4,8,11-15H2,(H,19,22). The van der Waals surface area contributed by atoms with Crippen LogP contribution in [0.1, 0.15) is 32.1 Å². The fourth-order valence-corrected chi connectivity index (χ4v) is 2.78. The van der Waals surface area contributed by atoms with Crippen molar-refractivity contribution < 1.29 is 9.90 Å². The summed E-state index contributed by atoms with van der Waals surface area (Å²) in [4.78, 5) is 14.0. The number of carbonyl (C=O) groups excluding carboxylic acids is 1. The van der Waals surface area contributed by atoms with Gasteiger partial charge in [-0.25, -0.2) is 0 Å². The van der Waals surface area contributed by atoms with E-state index in [2.05, 4.69) is 11.4 Å². The van der Waals surface area contributed by atoms with E-state index in [4.69, 9.17) is 0 Å². The molecule has 120 valence electrons. The van der Waals surface area contributed by atoms with E-state index in [1.165, 1.54) is 31.3 Å². The van der Waals surface area contributed by atoms with Gasteiger partial charge in [-0.15, -0.1) is 0 Å². The summed E-state index contributed by atoms with van der Waals surface area (Å²) in [6, 6.07) is 9.73. The number of nitrogens with zero attached hydrogens (tertiary/aromatic N) is 1. The largest absolute Gasteiger partial charge is 0.395 e. The zero-order chi connectivity index (χ0) is 15.6. The molecule has 1 aliphatic carbocycles. The zero-order valence-electron chi connectivity index (χ0n) is 13.1. The normalized spacial score (nSPS) is 14.3. The van der Waals surface area contributed by atoms with Crippen molar-refractivity contribution in [3.8, 4) is 0 Å². The monoisotopic (exact) mass is 302 g/mol. The van der Waals surface area contributed by atoms with Gasteiger partial charge in [-0.1, -0.05) is 29.8 Å². The predicted octanol–water partition coefficient (Wildman–Crippen LogP) is 2.49. The van der Waals surface area contributed by atoms with Crippen molar-refractivity contribution in [2.75, 3.05) is 31.1 Å². The number of benzene rings is 1. The minimum Gasteiger partial charge on any atom is -0.395 e. The summed E-state index contributed by atoms with van der Waals surface area (Å²) in [5, 5.41) is 12.2. The molecular weight excluding hydrogens is 276 g/mol. The fraction of sp³-hybridized carbons (Fsp3) is 0.500. The van der Waals surface area contributed by atoms with Gasteiger partial charge in [-0.2, -0.15) is 0 Å². The molecule has 1 aromatic rings. The van der Waals surface area contributed by atoms with E-state index in [-0.39, 0.29) is 19.1 Å². The number of aliphatic hydroxyl groups excluding tert-OH is 1. The molecule has 0 saturated carbocycles. The Morgan fingerprint density at radius 2 is 2.05 bits per heavy atom. The number of aliphatic hydroxyl groups is 1. The van der Waals surface area contributed by atoms with Gasteiger partial charge in [0.1, 0.15) is 0 Å². The Morgan fingerprint density at radius 3 is 2.73 bits per heavy atom. The lowest BCUT2D eigenvalue weighted by Gasteiger charge is -2.23. The average molecular weight is 302 g/mol. The molecule has 2 rings (SSSR count). The highest BCUT2D eigenvalue weighted by molar-refractivity contribution is 5.81. The van der Waals surface area contributed by atoms with Crippen LogP contribution in [0.2, 0.25) is 0 Å². The van der Waals surface area contributed by atoms with E-state index < -0.39 is 0 Å².